The average Bonchev–Trinajstić information content (AvgIpc) is 3.04. The van der Waals surface area contributed by atoms with Gasteiger partial charge >= 0.3 is 0 Å². The van der Waals surface area contributed by atoms with E-state index in [1.165, 1.54) is 0 Å². The molecule has 0 bridgehead atoms. The van der Waals surface area contributed by atoms with E-state index in [1.807, 2.05) is 12.1 Å². The smallest absolute Gasteiger partial charge is 0.213 e. The minimum atomic E-state index is 0. The minimum Gasteiger partial charge on any atom is -0.481 e. The summed E-state index contributed by atoms with van der Waals surface area (Å²) in [5.74, 6) is 0.881. The van der Waals surface area contributed by atoms with E-state index in [2.05, 4.69) is 9.97 Å². The molecule has 0 fully saturated rings. The van der Waals surface area contributed by atoms with Gasteiger partial charge in [0.1, 0.15) is 22.1 Å². The summed E-state index contributed by atoms with van der Waals surface area (Å²) in [6, 6.07) is 17.6. The molecule has 45 heavy (non-hydrogen) atoms. The lowest BCUT2D eigenvalue weighted by Gasteiger charge is -2.11. The van der Waals surface area contributed by atoms with Crippen LogP contribution in [0.2, 0.25) is 10.0 Å². The largest absolute Gasteiger partial charge is 0.481 e. The zero-order valence-corrected chi connectivity index (χ0v) is 26.9. The van der Waals surface area contributed by atoms with Gasteiger partial charge in [0.2, 0.25) is 11.8 Å². The Balaban J connectivity index is 0.00000400. The summed E-state index contributed by atoms with van der Waals surface area (Å²) in [5.41, 5.74) is 3.25. The van der Waals surface area contributed by atoms with Crippen molar-refractivity contribution in [3.05, 3.63) is 81.4 Å². The van der Waals surface area contributed by atoms with Gasteiger partial charge in [0.05, 0.1) is 36.0 Å². The third-order valence-corrected chi connectivity index (χ3v) is 7.98. The van der Waals surface area contributed by atoms with Crippen molar-refractivity contribution < 1.29 is 19.9 Å². The first-order valence-corrected chi connectivity index (χ1v) is 14.9. The molecule has 0 aliphatic carbocycles. The third-order valence-electron chi connectivity index (χ3n) is 7.51. The van der Waals surface area contributed by atoms with Gasteiger partial charge in [0.25, 0.3) is 0 Å². The van der Waals surface area contributed by atoms with Crippen LogP contribution in [0.15, 0.2) is 70.6 Å². The summed E-state index contributed by atoms with van der Waals surface area (Å²) >= 11 is 12.5. The number of hydrogen-bond donors (Lipinski definition) is 2. The Morgan fingerprint density at radius 2 is 1.04 bits per heavy atom. The second-order valence-electron chi connectivity index (χ2n) is 10.3. The first-order chi connectivity index (χ1) is 21.4. The summed E-state index contributed by atoms with van der Waals surface area (Å²) in [6.07, 6.45) is 3.65. The number of nitrogens with zero attached hydrogens (tertiary/aromatic N) is 6. The summed E-state index contributed by atoms with van der Waals surface area (Å²) in [6.45, 7) is 1.18. The van der Waals surface area contributed by atoms with Crippen molar-refractivity contribution in [1.29, 1.82) is 0 Å². The number of hydrogen-bond acceptors (Lipinski definition) is 8. The highest BCUT2D eigenvalue weighted by Gasteiger charge is 2.13. The second-order valence-corrected chi connectivity index (χ2v) is 11.1. The van der Waals surface area contributed by atoms with Crippen molar-refractivity contribution in [2.45, 2.75) is 25.7 Å². The van der Waals surface area contributed by atoms with Crippen LogP contribution in [0.4, 0.5) is 0 Å². The molecule has 6 rings (SSSR count). The Kier molecular flexibility index (Phi) is 9.86. The molecule has 6 aromatic rings. The van der Waals surface area contributed by atoms with Crippen molar-refractivity contribution in [2.24, 2.45) is 9.98 Å². The molecule has 13 heteroatoms. The van der Waals surface area contributed by atoms with E-state index in [1.54, 1.807) is 62.8 Å². The highest BCUT2D eigenvalue weighted by atomic mass is 35.5. The SMILES string of the molecule is COc1ccc2c(n1)c(=NCCCCCCN=c1c3ccc(Cl)cc3n(O)c3ccc(OC)nc13)c1ccc(Cl)cc1n2O.Cl. The fraction of sp³-hybridized carbons (Fsp3) is 0.250. The lowest BCUT2D eigenvalue weighted by Crippen LogP contribution is -2.14. The van der Waals surface area contributed by atoms with Crippen molar-refractivity contribution in [3.63, 3.8) is 0 Å². The van der Waals surface area contributed by atoms with Gasteiger partial charge in [-0.25, -0.2) is 9.97 Å². The quantitative estimate of drug-likeness (QED) is 0.0975. The van der Waals surface area contributed by atoms with Crippen LogP contribution < -0.4 is 20.2 Å². The molecule has 0 radical (unpaired) electrons. The maximum Gasteiger partial charge on any atom is 0.213 e. The first-order valence-electron chi connectivity index (χ1n) is 14.2. The van der Waals surface area contributed by atoms with Crippen LogP contribution in [-0.2, 0) is 0 Å². The number of aromatic nitrogens is 4. The van der Waals surface area contributed by atoms with Crippen LogP contribution >= 0.6 is 35.6 Å². The summed E-state index contributed by atoms with van der Waals surface area (Å²) in [4.78, 5) is 19.0. The van der Waals surface area contributed by atoms with E-state index in [-0.39, 0.29) is 12.4 Å². The molecule has 0 amide bonds. The van der Waals surface area contributed by atoms with Crippen LogP contribution in [0.5, 0.6) is 11.8 Å². The fourth-order valence-electron chi connectivity index (χ4n) is 5.34. The average molecular weight is 670 g/mol. The van der Waals surface area contributed by atoms with E-state index in [0.717, 1.165) is 45.9 Å². The van der Waals surface area contributed by atoms with E-state index >= 15 is 0 Å². The topological polar surface area (TPSA) is 119 Å². The molecule has 0 saturated heterocycles. The first kappa shape index (κ1) is 32.2. The Morgan fingerprint density at radius 1 is 0.622 bits per heavy atom. The van der Waals surface area contributed by atoms with Gasteiger partial charge in [-0.05, 0) is 61.4 Å². The van der Waals surface area contributed by atoms with Crippen LogP contribution in [-0.4, -0.2) is 57.2 Å². The Morgan fingerprint density at radius 3 is 1.44 bits per heavy atom. The highest BCUT2D eigenvalue weighted by Crippen LogP contribution is 2.24. The fourth-order valence-corrected chi connectivity index (χ4v) is 5.67. The van der Waals surface area contributed by atoms with Gasteiger partial charge in [0, 0.05) is 46.0 Å². The zero-order chi connectivity index (χ0) is 30.8. The predicted molar refractivity (Wildman–Crippen MR) is 179 cm³/mol. The van der Waals surface area contributed by atoms with Crippen LogP contribution in [0.3, 0.4) is 0 Å². The lowest BCUT2D eigenvalue weighted by molar-refractivity contribution is 0.211. The van der Waals surface area contributed by atoms with Crippen LogP contribution in [0, 0.1) is 0 Å². The molecule has 0 aliphatic heterocycles. The van der Waals surface area contributed by atoms with E-state index in [4.69, 9.17) is 42.7 Å². The van der Waals surface area contributed by atoms with Gasteiger partial charge in [0.15, 0.2) is 0 Å². The van der Waals surface area contributed by atoms with Crippen molar-refractivity contribution >= 4 is 79.5 Å². The van der Waals surface area contributed by atoms with Crippen LogP contribution in [0.25, 0.3) is 43.9 Å². The Hall–Kier alpha value is -4.25. The van der Waals surface area contributed by atoms with E-state index in [9.17, 15) is 10.4 Å². The lowest BCUT2D eigenvalue weighted by atomic mass is 10.1. The van der Waals surface area contributed by atoms with Gasteiger partial charge in [-0.15, -0.1) is 12.4 Å². The molecular formula is C32H31Cl3N6O4. The molecule has 234 valence electrons. The zero-order valence-electron chi connectivity index (χ0n) is 24.6. The number of benzene rings is 2. The van der Waals surface area contributed by atoms with E-state index < -0.39 is 0 Å². The van der Waals surface area contributed by atoms with Gasteiger partial charge in [-0.2, -0.15) is 9.46 Å². The standard InChI is InChI=1S/C32H30Cl2N6O4.ClH/c1-43-27-13-11-23-31(37-27)29(21-9-7-19(33)17-25(21)39(23)41)35-15-5-3-4-6-16-36-30-22-10-8-20(34)18-26(22)40(42)24-12-14-28(44-2)38-32(24)30;/h7-14,17-18,41-42H,3-6,15-16H2,1-2H3;1H. The molecule has 2 aromatic carbocycles. The highest BCUT2D eigenvalue weighted by molar-refractivity contribution is 6.31. The Bertz CT molecular complexity index is 2030. The molecular weight excluding hydrogens is 639 g/mol. The minimum absolute atomic E-state index is 0. The van der Waals surface area contributed by atoms with Crippen molar-refractivity contribution in [2.75, 3.05) is 27.3 Å². The number of unbranched alkanes of at least 4 members (excludes halogenated alkanes) is 3. The molecule has 0 saturated carbocycles. The van der Waals surface area contributed by atoms with Crippen molar-refractivity contribution in [3.8, 4) is 11.8 Å². The third kappa shape index (κ3) is 6.31. The molecule has 10 nitrogen and oxygen atoms in total. The molecule has 2 N–H and O–H groups in total. The molecule has 4 heterocycles. The van der Waals surface area contributed by atoms with E-state index in [0.29, 0.717) is 78.7 Å². The van der Waals surface area contributed by atoms with Gasteiger partial charge in [-0.3, -0.25) is 9.98 Å². The number of ether oxygens (including phenoxy) is 2. The summed E-state index contributed by atoms with van der Waals surface area (Å²) in [5, 5.41) is 25.6. The van der Waals surface area contributed by atoms with Crippen LogP contribution in [0.1, 0.15) is 25.7 Å². The molecule has 0 spiro atoms. The van der Waals surface area contributed by atoms with Gasteiger partial charge in [-0.1, -0.05) is 36.0 Å². The number of fused-ring (bicyclic) bond motifs is 4. The molecule has 0 aliphatic rings. The predicted octanol–water partition coefficient (Wildman–Crippen LogP) is 6.97. The monoisotopic (exact) mass is 668 g/mol. The number of halogens is 3. The maximum absolute atomic E-state index is 10.9. The van der Waals surface area contributed by atoms with Crippen molar-refractivity contribution in [1.82, 2.24) is 19.4 Å². The maximum atomic E-state index is 10.9. The molecule has 4 aromatic heterocycles. The summed E-state index contributed by atoms with van der Waals surface area (Å²) in [7, 11) is 3.11. The summed E-state index contributed by atoms with van der Waals surface area (Å²) < 4.78 is 12.8. The van der Waals surface area contributed by atoms with Gasteiger partial charge < -0.3 is 19.9 Å². The number of rotatable bonds is 9. The number of methoxy groups -OCH3 is 2. The Labute approximate surface area is 274 Å². The second kappa shape index (κ2) is 13.8. The molecule has 0 unspecified atom stereocenters. The normalized spacial score (nSPS) is 12.4. The molecule has 0 atom stereocenters. The number of pyridine rings is 4.